The second-order valence-electron chi connectivity index (χ2n) is 3.84. The van der Waals surface area contributed by atoms with Crippen LogP contribution in [-0.2, 0) is 0 Å². The maximum Gasteiger partial charge on any atom is 0.0729 e. The van der Waals surface area contributed by atoms with Crippen LogP contribution in [0, 0.1) is 6.92 Å². The number of thiophene rings is 1. The molecule has 2 aromatic rings. The van der Waals surface area contributed by atoms with Crippen molar-refractivity contribution in [1.82, 2.24) is 5.43 Å². The van der Waals surface area contributed by atoms with E-state index in [1.54, 1.807) is 11.3 Å². The van der Waals surface area contributed by atoms with Gasteiger partial charge >= 0.3 is 0 Å². The van der Waals surface area contributed by atoms with Crippen LogP contribution in [0.2, 0.25) is 5.02 Å². The molecule has 3 N–H and O–H groups in total. The van der Waals surface area contributed by atoms with Gasteiger partial charge in [0.2, 0.25) is 0 Å². The molecule has 2 rings (SSSR count). The number of hydrazine groups is 1. The maximum atomic E-state index is 6.07. The van der Waals surface area contributed by atoms with Gasteiger partial charge < -0.3 is 0 Å². The number of hydrogen-bond acceptors (Lipinski definition) is 3. The summed E-state index contributed by atoms with van der Waals surface area (Å²) < 4.78 is 1.06. The molecule has 0 fully saturated rings. The van der Waals surface area contributed by atoms with E-state index in [1.807, 2.05) is 24.4 Å². The van der Waals surface area contributed by atoms with Gasteiger partial charge in [-0.05, 0) is 57.1 Å². The second-order valence-corrected chi connectivity index (χ2v) is 5.87. The van der Waals surface area contributed by atoms with Gasteiger partial charge in [-0.3, -0.25) is 5.84 Å². The van der Waals surface area contributed by atoms with Crippen LogP contribution in [-0.4, -0.2) is 0 Å². The molecule has 0 spiro atoms. The summed E-state index contributed by atoms with van der Waals surface area (Å²) in [7, 11) is 0. The van der Waals surface area contributed by atoms with Crippen molar-refractivity contribution in [3.8, 4) is 0 Å². The molecule has 0 amide bonds. The van der Waals surface area contributed by atoms with E-state index in [4.69, 9.17) is 17.4 Å². The lowest BCUT2D eigenvalue weighted by Crippen LogP contribution is -2.28. The predicted octanol–water partition coefficient (Wildman–Crippen LogP) is 4.03. The summed E-state index contributed by atoms with van der Waals surface area (Å²) >= 11 is 11.2. The quantitative estimate of drug-likeness (QED) is 0.658. The molecule has 0 aliphatic rings. The van der Waals surface area contributed by atoms with Crippen molar-refractivity contribution in [1.29, 1.82) is 0 Å². The standard InChI is InChI=1S/C12H12BrClN2S/c1-7-2-8(4-9(14)3-7)12(16-15)10-5-17-6-11(10)13/h2-6,12,16H,15H2,1H3. The van der Waals surface area contributed by atoms with Crippen LogP contribution < -0.4 is 11.3 Å². The molecule has 0 bridgehead atoms. The van der Waals surface area contributed by atoms with E-state index in [2.05, 4.69) is 32.8 Å². The Morgan fingerprint density at radius 1 is 1.35 bits per heavy atom. The molecule has 1 unspecified atom stereocenters. The Bertz CT molecular complexity index is 507. The van der Waals surface area contributed by atoms with Crippen LogP contribution in [0.25, 0.3) is 0 Å². The van der Waals surface area contributed by atoms with E-state index in [0.29, 0.717) is 0 Å². The van der Waals surface area contributed by atoms with E-state index in [1.165, 1.54) is 0 Å². The zero-order chi connectivity index (χ0) is 12.4. The first kappa shape index (κ1) is 13.1. The number of rotatable bonds is 3. The topological polar surface area (TPSA) is 38.0 Å². The van der Waals surface area contributed by atoms with Gasteiger partial charge in [0.05, 0.1) is 6.04 Å². The van der Waals surface area contributed by atoms with Gasteiger partial charge in [0.15, 0.2) is 0 Å². The highest BCUT2D eigenvalue weighted by atomic mass is 79.9. The summed E-state index contributed by atoms with van der Waals surface area (Å²) in [6.07, 6.45) is 0. The van der Waals surface area contributed by atoms with Crippen molar-refractivity contribution in [2.45, 2.75) is 13.0 Å². The number of aryl methyl sites for hydroxylation is 1. The van der Waals surface area contributed by atoms with Crippen molar-refractivity contribution < 1.29 is 0 Å². The van der Waals surface area contributed by atoms with Crippen LogP contribution in [0.5, 0.6) is 0 Å². The smallest absolute Gasteiger partial charge is 0.0729 e. The van der Waals surface area contributed by atoms with Gasteiger partial charge in [-0.2, -0.15) is 11.3 Å². The summed E-state index contributed by atoms with van der Waals surface area (Å²) in [5.74, 6) is 5.66. The molecule has 0 aliphatic heterocycles. The predicted molar refractivity (Wildman–Crippen MR) is 77.4 cm³/mol. The normalized spacial score (nSPS) is 12.7. The second kappa shape index (κ2) is 5.50. The minimum absolute atomic E-state index is 0.0481. The van der Waals surface area contributed by atoms with Crippen LogP contribution in [0.3, 0.4) is 0 Å². The van der Waals surface area contributed by atoms with E-state index in [0.717, 1.165) is 26.2 Å². The van der Waals surface area contributed by atoms with Crippen molar-refractivity contribution in [2.75, 3.05) is 0 Å². The Morgan fingerprint density at radius 2 is 2.12 bits per heavy atom. The summed E-state index contributed by atoms with van der Waals surface area (Å²) in [5, 5.41) is 4.84. The van der Waals surface area contributed by atoms with Crippen LogP contribution >= 0.6 is 38.9 Å². The van der Waals surface area contributed by atoms with Crippen LogP contribution in [0.1, 0.15) is 22.7 Å². The minimum Gasteiger partial charge on any atom is -0.271 e. The number of halogens is 2. The summed E-state index contributed by atoms with van der Waals surface area (Å²) in [6, 6.07) is 5.90. The van der Waals surface area contributed by atoms with Crippen LogP contribution in [0.15, 0.2) is 33.4 Å². The number of hydrogen-bond donors (Lipinski definition) is 2. The lowest BCUT2D eigenvalue weighted by molar-refractivity contribution is 0.636. The third-order valence-electron chi connectivity index (χ3n) is 2.52. The third-order valence-corrected chi connectivity index (χ3v) is 4.49. The molecule has 17 heavy (non-hydrogen) atoms. The van der Waals surface area contributed by atoms with E-state index in [9.17, 15) is 0 Å². The Kier molecular flexibility index (Phi) is 4.22. The molecule has 0 saturated carbocycles. The first-order chi connectivity index (χ1) is 8.11. The highest BCUT2D eigenvalue weighted by Gasteiger charge is 2.16. The van der Waals surface area contributed by atoms with Crippen molar-refractivity contribution in [3.63, 3.8) is 0 Å². The Balaban J connectivity index is 2.45. The highest BCUT2D eigenvalue weighted by molar-refractivity contribution is 9.10. The van der Waals surface area contributed by atoms with Gasteiger partial charge in [0.1, 0.15) is 0 Å². The van der Waals surface area contributed by atoms with Gasteiger partial charge in [0, 0.05) is 14.9 Å². The fourth-order valence-corrected chi connectivity index (χ4v) is 3.64. The van der Waals surface area contributed by atoms with Crippen molar-refractivity contribution >= 4 is 38.9 Å². The maximum absolute atomic E-state index is 6.07. The number of nitrogens with one attached hydrogen (secondary N) is 1. The molecule has 1 aromatic carbocycles. The molecular weight excluding hydrogens is 320 g/mol. The van der Waals surface area contributed by atoms with Gasteiger partial charge in [-0.25, -0.2) is 5.43 Å². The number of benzene rings is 1. The molecule has 90 valence electrons. The zero-order valence-electron chi connectivity index (χ0n) is 9.21. The summed E-state index contributed by atoms with van der Waals surface area (Å²) in [4.78, 5) is 0. The fourth-order valence-electron chi connectivity index (χ4n) is 1.79. The average molecular weight is 332 g/mol. The Morgan fingerprint density at radius 3 is 2.65 bits per heavy atom. The molecule has 5 heteroatoms. The van der Waals surface area contributed by atoms with Gasteiger partial charge in [-0.15, -0.1) is 0 Å². The SMILES string of the molecule is Cc1cc(Cl)cc(C(NN)c2cscc2Br)c1. The largest absolute Gasteiger partial charge is 0.271 e. The zero-order valence-corrected chi connectivity index (χ0v) is 12.4. The van der Waals surface area contributed by atoms with Gasteiger partial charge in [-0.1, -0.05) is 17.7 Å². The highest BCUT2D eigenvalue weighted by Crippen LogP contribution is 2.32. The molecule has 1 aromatic heterocycles. The lowest BCUT2D eigenvalue weighted by Gasteiger charge is -2.17. The van der Waals surface area contributed by atoms with Crippen LogP contribution in [0.4, 0.5) is 0 Å². The molecule has 0 saturated heterocycles. The Hall–Kier alpha value is -0.390. The molecule has 2 nitrogen and oxygen atoms in total. The lowest BCUT2D eigenvalue weighted by atomic mass is 10.0. The third kappa shape index (κ3) is 2.89. The van der Waals surface area contributed by atoms with Gasteiger partial charge in [0.25, 0.3) is 0 Å². The monoisotopic (exact) mass is 330 g/mol. The van der Waals surface area contributed by atoms with E-state index < -0.39 is 0 Å². The van der Waals surface area contributed by atoms with E-state index in [-0.39, 0.29) is 6.04 Å². The molecular formula is C12H12BrClN2S. The fraction of sp³-hybridized carbons (Fsp3) is 0.167. The number of nitrogens with two attached hydrogens (primary N) is 1. The average Bonchev–Trinajstić information content (AvgIpc) is 2.65. The molecule has 0 aliphatic carbocycles. The molecule has 0 radical (unpaired) electrons. The minimum atomic E-state index is -0.0481. The molecule has 1 heterocycles. The summed E-state index contributed by atoms with van der Waals surface area (Å²) in [6.45, 7) is 2.02. The molecule has 1 atom stereocenters. The van der Waals surface area contributed by atoms with Crippen molar-refractivity contribution in [3.05, 3.63) is 55.1 Å². The summed E-state index contributed by atoms with van der Waals surface area (Å²) in [5.41, 5.74) is 6.15. The Labute approximate surface area is 118 Å². The van der Waals surface area contributed by atoms with Crippen molar-refractivity contribution in [2.24, 2.45) is 5.84 Å². The first-order valence-corrected chi connectivity index (χ1v) is 7.18. The van der Waals surface area contributed by atoms with E-state index >= 15 is 0 Å². The first-order valence-electron chi connectivity index (χ1n) is 5.06.